The molecule has 1 fully saturated rings. The lowest BCUT2D eigenvalue weighted by molar-refractivity contribution is -0.137. The molecule has 1 aromatic carbocycles. The Kier molecular flexibility index (Phi) is 7.87. The predicted molar refractivity (Wildman–Crippen MR) is 97.0 cm³/mol. The Labute approximate surface area is 154 Å². The fourth-order valence-corrected chi connectivity index (χ4v) is 2.89. The smallest absolute Gasteiger partial charge is 0.317 e. The van der Waals surface area contributed by atoms with Gasteiger partial charge in [-0.3, -0.25) is 4.79 Å². The summed E-state index contributed by atoms with van der Waals surface area (Å²) in [7, 11) is 1.59. The van der Waals surface area contributed by atoms with Crippen LogP contribution in [-0.2, 0) is 14.3 Å². The average Bonchev–Trinajstić information content (AvgIpc) is 2.65. The van der Waals surface area contributed by atoms with Gasteiger partial charge in [0.05, 0.1) is 18.6 Å². The van der Waals surface area contributed by atoms with Gasteiger partial charge in [0.15, 0.2) is 0 Å². The molecule has 1 heterocycles. The molecule has 0 radical (unpaired) electrons. The van der Waals surface area contributed by atoms with Crippen LogP contribution in [0.1, 0.15) is 37.9 Å². The Morgan fingerprint density at radius 2 is 1.96 bits per heavy atom. The number of hydrogen-bond donors (Lipinski definition) is 2. The van der Waals surface area contributed by atoms with E-state index >= 15 is 0 Å². The van der Waals surface area contributed by atoms with Crippen molar-refractivity contribution in [2.45, 2.75) is 44.4 Å². The van der Waals surface area contributed by atoms with Crippen LogP contribution in [0.5, 0.6) is 0 Å². The van der Waals surface area contributed by atoms with Crippen LogP contribution < -0.4 is 5.32 Å². The van der Waals surface area contributed by atoms with Crippen LogP contribution in [0, 0.1) is 0 Å². The number of hydrogen-bond acceptors (Lipinski definition) is 4. The van der Waals surface area contributed by atoms with Crippen molar-refractivity contribution in [2.75, 3.05) is 26.8 Å². The van der Waals surface area contributed by atoms with Gasteiger partial charge in [-0.05, 0) is 25.3 Å². The molecule has 144 valence electrons. The van der Waals surface area contributed by atoms with Gasteiger partial charge >= 0.3 is 12.0 Å². The monoisotopic (exact) mass is 364 g/mol. The normalized spacial score (nSPS) is 17.3. The van der Waals surface area contributed by atoms with E-state index < -0.39 is 5.97 Å². The maximum absolute atomic E-state index is 12.3. The van der Waals surface area contributed by atoms with Crippen molar-refractivity contribution in [1.29, 1.82) is 0 Å². The molecule has 0 saturated carbocycles. The first-order chi connectivity index (χ1) is 12.5. The molecule has 2 atom stereocenters. The van der Waals surface area contributed by atoms with E-state index in [0.29, 0.717) is 13.2 Å². The Hall–Kier alpha value is -2.12. The second-order valence-corrected chi connectivity index (χ2v) is 6.58. The summed E-state index contributed by atoms with van der Waals surface area (Å²) in [5, 5.41) is 11.7. The van der Waals surface area contributed by atoms with Gasteiger partial charge in [-0.1, -0.05) is 30.3 Å². The van der Waals surface area contributed by atoms with Crippen molar-refractivity contribution in [2.24, 2.45) is 0 Å². The minimum atomic E-state index is -0.928. The largest absolute Gasteiger partial charge is 0.481 e. The maximum atomic E-state index is 12.3. The van der Waals surface area contributed by atoms with Crippen molar-refractivity contribution in [1.82, 2.24) is 10.2 Å². The quantitative estimate of drug-likeness (QED) is 0.740. The summed E-state index contributed by atoms with van der Waals surface area (Å²) in [6.07, 6.45) is 1.40. The molecule has 7 nitrogen and oxygen atoms in total. The van der Waals surface area contributed by atoms with E-state index in [2.05, 4.69) is 5.32 Å². The number of benzene rings is 1. The fourth-order valence-electron chi connectivity index (χ4n) is 2.89. The molecule has 1 aliphatic rings. The molecule has 0 aliphatic carbocycles. The first kappa shape index (κ1) is 20.2. The van der Waals surface area contributed by atoms with Gasteiger partial charge in [-0.2, -0.15) is 0 Å². The zero-order chi connectivity index (χ0) is 18.9. The zero-order valence-electron chi connectivity index (χ0n) is 15.4. The van der Waals surface area contributed by atoms with E-state index in [0.717, 1.165) is 18.4 Å². The van der Waals surface area contributed by atoms with Crippen molar-refractivity contribution in [3.05, 3.63) is 35.9 Å². The predicted octanol–water partition coefficient (Wildman–Crippen LogP) is 2.43. The van der Waals surface area contributed by atoms with Crippen LogP contribution in [0.3, 0.4) is 0 Å². The Bertz CT molecular complexity index is 575. The first-order valence-electron chi connectivity index (χ1n) is 8.99. The molecule has 7 heteroatoms. The Morgan fingerprint density at radius 3 is 2.58 bits per heavy atom. The lowest BCUT2D eigenvalue weighted by Crippen LogP contribution is -2.46. The second kappa shape index (κ2) is 10.1. The van der Waals surface area contributed by atoms with Crippen LogP contribution >= 0.6 is 0 Å². The molecule has 1 saturated heterocycles. The van der Waals surface area contributed by atoms with Crippen molar-refractivity contribution >= 4 is 12.0 Å². The van der Waals surface area contributed by atoms with E-state index in [1.54, 1.807) is 7.05 Å². The number of ether oxygens (including phenoxy) is 2. The van der Waals surface area contributed by atoms with Gasteiger partial charge in [0, 0.05) is 26.8 Å². The van der Waals surface area contributed by atoms with Gasteiger partial charge < -0.3 is 24.8 Å². The molecule has 2 amide bonds. The molecule has 26 heavy (non-hydrogen) atoms. The lowest BCUT2D eigenvalue weighted by atomic mass is 10.0. The van der Waals surface area contributed by atoms with Crippen molar-refractivity contribution in [3.8, 4) is 0 Å². The summed E-state index contributed by atoms with van der Waals surface area (Å²) in [5.74, 6) is -0.928. The Morgan fingerprint density at radius 1 is 1.31 bits per heavy atom. The number of carboxylic acid groups (broad SMARTS) is 1. The third-order valence-electron chi connectivity index (χ3n) is 4.45. The van der Waals surface area contributed by atoms with E-state index in [1.807, 2.05) is 37.3 Å². The summed E-state index contributed by atoms with van der Waals surface area (Å²) in [6.45, 7) is 3.43. The maximum Gasteiger partial charge on any atom is 0.317 e. The number of urea groups is 1. The number of nitrogens with one attached hydrogen (secondary N) is 1. The molecule has 2 unspecified atom stereocenters. The van der Waals surface area contributed by atoms with Crippen LogP contribution in [-0.4, -0.2) is 61.0 Å². The third kappa shape index (κ3) is 6.31. The highest BCUT2D eigenvalue weighted by Gasteiger charge is 2.27. The number of nitrogens with zero attached hydrogens (tertiary/aromatic N) is 1. The summed E-state index contributed by atoms with van der Waals surface area (Å²) in [4.78, 5) is 24.4. The van der Waals surface area contributed by atoms with Crippen LogP contribution in [0.2, 0.25) is 0 Å². The number of carboxylic acids is 1. The van der Waals surface area contributed by atoms with Gasteiger partial charge in [0.2, 0.25) is 0 Å². The van der Waals surface area contributed by atoms with Gasteiger partial charge in [0.1, 0.15) is 6.10 Å². The van der Waals surface area contributed by atoms with Crippen LogP contribution in [0.25, 0.3) is 0 Å². The van der Waals surface area contributed by atoms with Gasteiger partial charge in [-0.15, -0.1) is 0 Å². The lowest BCUT2D eigenvalue weighted by Gasteiger charge is -2.32. The second-order valence-electron chi connectivity index (χ2n) is 6.58. The fraction of sp³-hybridized carbons (Fsp3) is 0.579. The topological polar surface area (TPSA) is 88.1 Å². The van der Waals surface area contributed by atoms with Crippen LogP contribution in [0.4, 0.5) is 4.79 Å². The van der Waals surface area contributed by atoms with E-state index in [9.17, 15) is 9.59 Å². The molecular weight excluding hydrogens is 336 g/mol. The SMILES string of the molecule is CC(NC(=O)N(C)CCC(=O)O)C(OC1CCOCC1)c1ccccc1. The summed E-state index contributed by atoms with van der Waals surface area (Å²) >= 11 is 0. The van der Waals surface area contributed by atoms with Crippen molar-refractivity contribution in [3.63, 3.8) is 0 Å². The van der Waals surface area contributed by atoms with Gasteiger partial charge in [0.25, 0.3) is 0 Å². The standard InChI is InChI=1S/C19H28N2O5/c1-14(20-19(24)21(2)11-8-17(22)23)18(15-6-4-3-5-7-15)26-16-9-12-25-13-10-16/h3-7,14,16,18H,8-13H2,1-2H3,(H,20,24)(H,22,23). The van der Waals surface area contributed by atoms with E-state index in [4.69, 9.17) is 14.6 Å². The molecule has 1 aliphatic heterocycles. The molecular formula is C19H28N2O5. The van der Waals surface area contributed by atoms with E-state index in [1.165, 1.54) is 4.90 Å². The number of carbonyl (C=O) groups excluding carboxylic acids is 1. The number of amides is 2. The molecule has 2 rings (SSSR count). The summed E-state index contributed by atoms with van der Waals surface area (Å²) < 4.78 is 11.7. The summed E-state index contributed by atoms with van der Waals surface area (Å²) in [5.41, 5.74) is 1.000. The minimum Gasteiger partial charge on any atom is -0.481 e. The summed E-state index contributed by atoms with van der Waals surface area (Å²) in [6, 6.07) is 9.24. The number of carbonyl (C=O) groups is 2. The molecule has 0 aromatic heterocycles. The average molecular weight is 364 g/mol. The van der Waals surface area contributed by atoms with Crippen LogP contribution in [0.15, 0.2) is 30.3 Å². The highest BCUT2D eigenvalue weighted by atomic mass is 16.5. The zero-order valence-corrected chi connectivity index (χ0v) is 15.4. The van der Waals surface area contributed by atoms with Gasteiger partial charge in [-0.25, -0.2) is 4.79 Å². The first-order valence-corrected chi connectivity index (χ1v) is 8.99. The highest BCUT2D eigenvalue weighted by Crippen LogP contribution is 2.26. The number of aliphatic carboxylic acids is 1. The highest BCUT2D eigenvalue weighted by molar-refractivity contribution is 5.75. The Balaban J connectivity index is 2.01. The van der Waals surface area contributed by atoms with Crippen molar-refractivity contribution < 1.29 is 24.2 Å². The minimum absolute atomic E-state index is 0.0843. The molecule has 0 bridgehead atoms. The molecule has 1 aromatic rings. The molecule has 2 N–H and O–H groups in total. The number of rotatable bonds is 8. The third-order valence-corrected chi connectivity index (χ3v) is 4.45. The molecule has 0 spiro atoms. The van der Waals surface area contributed by atoms with E-state index in [-0.39, 0.29) is 37.2 Å².